The molecule has 7 nitrogen and oxygen atoms in total. The molecule has 0 atom stereocenters. The second-order valence-corrected chi connectivity index (χ2v) is 4.87. The average Bonchev–Trinajstić information content (AvgIpc) is 2.81. The lowest BCUT2D eigenvalue weighted by molar-refractivity contribution is -0.131. The van der Waals surface area contributed by atoms with E-state index in [2.05, 4.69) is 15.0 Å². The maximum Gasteiger partial charge on any atom is 0.242 e. The van der Waals surface area contributed by atoms with Crippen molar-refractivity contribution in [2.24, 2.45) is 0 Å². The highest BCUT2D eigenvalue weighted by molar-refractivity contribution is 7.71. The first-order valence-electron chi connectivity index (χ1n) is 6.87. The van der Waals surface area contributed by atoms with E-state index in [9.17, 15) is 4.79 Å². The molecule has 0 bridgehead atoms. The van der Waals surface area contributed by atoms with Crippen LogP contribution >= 0.6 is 12.2 Å². The molecule has 0 saturated carbocycles. The Labute approximate surface area is 128 Å². The van der Waals surface area contributed by atoms with E-state index in [-0.39, 0.29) is 5.91 Å². The molecule has 2 aromatic rings. The fourth-order valence-electron chi connectivity index (χ4n) is 2.25. The van der Waals surface area contributed by atoms with E-state index in [0.717, 1.165) is 0 Å². The van der Waals surface area contributed by atoms with Crippen LogP contribution in [0.3, 0.4) is 0 Å². The third-order valence-corrected chi connectivity index (χ3v) is 3.71. The summed E-state index contributed by atoms with van der Waals surface area (Å²) < 4.78 is 7.49. The molecule has 21 heavy (non-hydrogen) atoms. The van der Waals surface area contributed by atoms with Crippen molar-refractivity contribution >= 4 is 29.3 Å². The van der Waals surface area contributed by atoms with Gasteiger partial charge in [-0.05, 0) is 26.1 Å². The Morgan fingerprint density at radius 2 is 2.14 bits per heavy atom. The van der Waals surface area contributed by atoms with Crippen LogP contribution in [0.1, 0.15) is 20.3 Å². The van der Waals surface area contributed by atoms with Gasteiger partial charge < -0.3 is 19.2 Å². The Hall–Kier alpha value is -1.96. The largest absolute Gasteiger partial charge is 0.479 e. The van der Waals surface area contributed by atoms with E-state index in [1.54, 1.807) is 16.6 Å². The minimum atomic E-state index is 0.109. The van der Waals surface area contributed by atoms with Gasteiger partial charge in [-0.15, -0.1) is 0 Å². The number of carbonyl (C=O) groups is 1. The first kappa shape index (κ1) is 15.4. The monoisotopic (exact) mass is 309 g/mol. The van der Waals surface area contributed by atoms with Crippen LogP contribution in [0.4, 0.5) is 0 Å². The highest BCUT2D eigenvalue weighted by Gasteiger charge is 2.14. The van der Waals surface area contributed by atoms with Gasteiger partial charge in [0.15, 0.2) is 10.4 Å². The Bertz CT molecular complexity index is 689. The van der Waals surface area contributed by atoms with E-state index in [0.29, 0.717) is 47.9 Å². The molecule has 0 unspecified atom stereocenters. The van der Waals surface area contributed by atoms with Gasteiger partial charge >= 0.3 is 0 Å². The van der Waals surface area contributed by atoms with Crippen molar-refractivity contribution in [3.63, 3.8) is 0 Å². The lowest BCUT2D eigenvalue weighted by atomic mass is 10.3. The van der Waals surface area contributed by atoms with Gasteiger partial charge in [-0.3, -0.25) is 4.79 Å². The number of rotatable bonds is 6. The van der Waals surface area contributed by atoms with Gasteiger partial charge in [0.1, 0.15) is 11.8 Å². The second kappa shape index (κ2) is 6.66. The summed E-state index contributed by atoms with van der Waals surface area (Å²) in [6, 6.07) is 0. The molecule has 114 valence electrons. The van der Waals surface area contributed by atoms with Crippen LogP contribution < -0.4 is 4.74 Å². The summed E-state index contributed by atoms with van der Waals surface area (Å²) in [5.74, 6) is 0.553. The van der Waals surface area contributed by atoms with Gasteiger partial charge in [0.25, 0.3) is 0 Å². The van der Waals surface area contributed by atoms with Crippen LogP contribution in [-0.4, -0.2) is 50.5 Å². The minimum absolute atomic E-state index is 0.109. The lowest BCUT2D eigenvalue weighted by Crippen LogP contribution is -2.31. The van der Waals surface area contributed by atoms with Crippen molar-refractivity contribution in [1.82, 2.24) is 24.4 Å². The predicted molar refractivity (Wildman–Crippen MR) is 81.8 cm³/mol. The third-order valence-electron chi connectivity index (χ3n) is 3.38. The Kier molecular flexibility index (Phi) is 4.89. The van der Waals surface area contributed by atoms with E-state index in [1.807, 2.05) is 13.8 Å². The Morgan fingerprint density at radius 3 is 2.76 bits per heavy atom. The summed E-state index contributed by atoms with van der Waals surface area (Å²) >= 11 is 5.29. The van der Waals surface area contributed by atoms with Crippen molar-refractivity contribution in [2.45, 2.75) is 26.8 Å². The second-order valence-electron chi connectivity index (χ2n) is 4.48. The number of amides is 1. The average molecular weight is 309 g/mol. The molecule has 0 spiro atoms. The number of H-pyrrole nitrogens is 1. The maximum atomic E-state index is 12.1. The standard InChI is InChI=1S/C13H19N5O2S/c1-4-17(5-2)9(19)6-7-18-11-10(16-13(18)21)12(20-3)15-8-14-11/h8H,4-7H2,1-3H3,(H,16,21). The van der Waals surface area contributed by atoms with Gasteiger partial charge in [0.05, 0.1) is 7.11 Å². The maximum absolute atomic E-state index is 12.1. The number of hydrogen-bond acceptors (Lipinski definition) is 5. The topological polar surface area (TPSA) is 76.0 Å². The molecule has 0 aliphatic heterocycles. The van der Waals surface area contributed by atoms with Gasteiger partial charge in [0, 0.05) is 26.1 Å². The number of hydrogen-bond donors (Lipinski definition) is 1. The summed E-state index contributed by atoms with van der Waals surface area (Å²) in [4.78, 5) is 25.2. The van der Waals surface area contributed by atoms with Crippen LogP contribution in [-0.2, 0) is 11.3 Å². The van der Waals surface area contributed by atoms with E-state index >= 15 is 0 Å². The minimum Gasteiger partial charge on any atom is -0.479 e. The summed E-state index contributed by atoms with van der Waals surface area (Å²) in [5, 5.41) is 0. The molecule has 2 aromatic heterocycles. The van der Waals surface area contributed by atoms with Crippen molar-refractivity contribution in [1.29, 1.82) is 0 Å². The fraction of sp³-hybridized carbons (Fsp3) is 0.538. The molecule has 0 radical (unpaired) electrons. The van der Waals surface area contributed by atoms with Crippen molar-refractivity contribution in [2.75, 3.05) is 20.2 Å². The number of aromatic amines is 1. The summed E-state index contributed by atoms with van der Waals surface area (Å²) in [7, 11) is 1.54. The molecule has 0 saturated heterocycles. The van der Waals surface area contributed by atoms with Crippen molar-refractivity contribution in [3.05, 3.63) is 11.1 Å². The number of nitrogens with one attached hydrogen (secondary N) is 1. The molecule has 0 aliphatic carbocycles. The van der Waals surface area contributed by atoms with E-state index in [4.69, 9.17) is 17.0 Å². The van der Waals surface area contributed by atoms with Crippen LogP contribution in [0.25, 0.3) is 11.2 Å². The normalized spacial score (nSPS) is 10.8. The number of carbonyl (C=O) groups excluding carboxylic acids is 1. The van der Waals surface area contributed by atoms with E-state index < -0.39 is 0 Å². The highest BCUT2D eigenvalue weighted by Crippen LogP contribution is 2.20. The zero-order chi connectivity index (χ0) is 15.4. The first-order chi connectivity index (χ1) is 10.1. The SMILES string of the molecule is CCN(CC)C(=O)CCn1c(=S)[nH]c2c(OC)ncnc21. The number of ether oxygens (including phenoxy) is 1. The lowest BCUT2D eigenvalue weighted by Gasteiger charge is -2.18. The molecule has 8 heteroatoms. The number of methoxy groups -OCH3 is 1. The van der Waals surface area contributed by atoms with Crippen LogP contribution in [0, 0.1) is 4.77 Å². The van der Waals surface area contributed by atoms with E-state index in [1.165, 1.54) is 6.33 Å². The zero-order valence-electron chi connectivity index (χ0n) is 12.4. The fourth-order valence-corrected chi connectivity index (χ4v) is 2.53. The molecular formula is C13H19N5O2S. The number of imidazole rings is 1. The number of fused-ring (bicyclic) bond motifs is 1. The van der Waals surface area contributed by atoms with Crippen molar-refractivity contribution in [3.8, 4) is 5.88 Å². The van der Waals surface area contributed by atoms with Gasteiger partial charge in [-0.25, -0.2) is 4.98 Å². The molecule has 1 amide bonds. The number of aromatic nitrogens is 4. The molecule has 0 fully saturated rings. The molecular weight excluding hydrogens is 290 g/mol. The molecule has 1 N–H and O–H groups in total. The molecule has 0 aromatic carbocycles. The Morgan fingerprint density at radius 1 is 1.43 bits per heavy atom. The van der Waals surface area contributed by atoms with Crippen LogP contribution in [0.15, 0.2) is 6.33 Å². The first-order valence-corrected chi connectivity index (χ1v) is 7.28. The molecule has 0 aliphatic rings. The smallest absolute Gasteiger partial charge is 0.242 e. The number of aryl methyl sites for hydroxylation is 1. The van der Waals surface area contributed by atoms with Crippen LogP contribution in [0.5, 0.6) is 5.88 Å². The summed E-state index contributed by atoms with van der Waals surface area (Å²) in [6.07, 6.45) is 1.81. The predicted octanol–water partition coefficient (Wildman–Crippen LogP) is 1.76. The number of nitrogens with zero attached hydrogens (tertiary/aromatic N) is 4. The van der Waals surface area contributed by atoms with Gasteiger partial charge in [0.2, 0.25) is 11.8 Å². The zero-order valence-corrected chi connectivity index (χ0v) is 13.2. The molecule has 2 heterocycles. The van der Waals surface area contributed by atoms with Crippen molar-refractivity contribution < 1.29 is 9.53 Å². The summed E-state index contributed by atoms with van der Waals surface area (Å²) in [5.41, 5.74) is 1.31. The molecule has 2 rings (SSSR count). The van der Waals surface area contributed by atoms with Crippen LogP contribution in [0.2, 0.25) is 0 Å². The third kappa shape index (κ3) is 3.05. The summed E-state index contributed by atoms with van der Waals surface area (Å²) in [6.45, 7) is 5.84. The van der Waals surface area contributed by atoms with Gasteiger partial charge in [-0.2, -0.15) is 4.98 Å². The Balaban J connectivity index is 2.25. The van der Waals surface area contributed by atoms with Gasteiger partial charge in [-0.1, -0.05) is 0 Å². The highest BCUT2D eigenvalue weighted by atomic mass is 32.1. The quantitative estimate of drug-likeness (QED) is 0.823.